The maximum absolute atomic E-state index is 12.2. The van der Waals surface area contributed by atoms with Crippen LogP contribution in [0.5, 0.6) is 0 Å². The number of carbonyl (C=O) groups is 1. The van der Waals surface area contributed by atoms with Gasteiger partial charge >= 0.3 is 0 Å². The second-order valence-electron chi connectivity index (χ2n) is 4.32. The van der Waals surface area contributed by atoms with E-state index in [4.69, 9.17) is 29.6 Å². The number of amides is 1. The molecular formula is C12H12ClIN2OS. The molecule has 2 rings (SSSR count). The molecule has 0 spiro atoms. The van der Waals surface area contributed by atoms with E-state index < -0.39 is 0 Å². The number of nitrogens with one attached hydrogen (secondary N) is 1. The summed E-state index contributed by atoms with van der Waals surface area (Å²) in [6.45, 7) is 0. The predicted octanol–water partition coefficient (Wildman–Crippen LogP) is 2.74. The molecule has 18 heavy (non-hydrogen) atoms. The molecule has 3 N–H and O–H groups in total. The first-order chi connectivity index (χ1) is 8.49. The number of benzene rings is 1. The Balaban J connectivity index is 2.15. The number of nitrogens with two attached hydrogens (primary N) is 1. The lowest BCUT2D eigenvalue weighted by molar-refractivity contribution is 0.0943. The summed E-state index contributed by atoms with van der Waals surface area (Å²) in [7, 11) is 0. The molecule has 0 aliphatic heterocycles. The van der Waals surface area contributed by atoms with E-state index in [9.17, 15) is 4.79 Å². The molecule has 1 saturated carbocycles. The molecule has 1 amide bonds. The van der Waals surface area contributed by atoms with Gasteiger partial charge in [-0.3, -0.25) is 4.79 Å². The third-order valence-electron chi connectivity index (χ3n) is 2.86. The van der Waals surface area contributed by atoms with Gasteiger partial charge in [-0.15, -0.1) is 0 Å². The summed E-state index contributed by atoms with van der Waals surface area (Å²) in [6.07, 6.45) is 2.13. The lowest BCUT2D eigenvalue weighted by Gasteiger charge is -2.17. The molecule has 1 aromatic rings. The van der Waals surface area contributed by atoms with Gasteiger partial charge in [0.15, 0.2) is 0 Å². The number of thiocarbonyl (C=S) groups is 1. The first-order valence-electron chi connectivity index (χ1n) is 5.54. The Hall–Kier alpha value is -0.400. The van der Waals surface area contributed by atoms with Crippen molar-refractivity contribution in [1.82, 2.24) is 5.32 Å². The Bertz CT molecular complexity index is 505. The van der Waals surface area contributed by atoms with Crippen LogP contribution in [0.4, 0.5) is 0 Å². The Morgan fingerprint density at radius 3 is 2.78 bits per heavy atom. The van der Waals surface area contributed by atoms with Crippen molar-refractivity contribution in [2.45, 2.75) is 18.9 Å². The SMILES string of the molecule is NC(=S)C(NC(=O)c1cc(Cl)ccc1I)C1CC1. The van der Waals surface area contributed by atoms with Crippen LogP contribution in [-0.4, -0.2) is 16.9 Å². The van der Waals surface area contributed by atoms with Gasteiger partial charge in [-0.2, -0.15) is 0 Å². The van der Waals surface area contributed by atoms with Crippen molar-refractivity contribution in [3.8, 4) is 0 Å². The van der Waals surface area contributed by atoms with Crippen molar-refractivity contribution in [3.63, 3.8) is 0 Å². The monoisotopic (exact) mass is 394 g/mol. The van der Waals surface area contributed by atoms with E-state index in [0.717, 1.165) is 16.4 Å². The molecule has 1 atom stereocenters. The summed E-state index contributed by atoms with van der Waals surface area (Å²) in [5.41, 5.74) is 6.22. The zero-order valence-electron chi connectivity index (χ0n) is 9.45. The van der Waals surface area contributed by atoms with Gasteiger partial charge < -0.3 is 11.1 Å². The molecule has 0 radical (unpaired) electrons. The summed E-state index contributed by atoms with van der Waals surface area (Å²) in [5.74, 6) is 0.217. The minimum Gasteiger partial charge on any atom is -0.392 e. The highest BCUT2D eigenvalue weighted by atomic mass is 127. The van der Waals surface area contributed by atoms with Gasteiger partial charge in [0.2, 0.25) is 0 Å². The second-order valence-corrected chi connectivity index (χ2v) is 6.39. The van der Waals surface area contributed by atoms with Gasteiger partial charge in [0.25, 0.3) is 5.91 Å². The topological polar surface area (TPSA) is 55.1 Å². The van der Waals surface area contributed by atoms with Crippen LogP contribution < -0.4 is 11.1 Å². The van der Waals surface area contributed by atoms with Crippen LogP contribution in [0.1, 0.15) is 23.2 Å². The zero-order chi connectivity index (χ0) is 13.3. The number of rotatable bonds is 4. The van der Waals surface area contributed by atoms with Crippen molar-refractivity contribution in [2.75, 3.05) is 0 Å². The van der Waals surface area contributed by atoms with E-state index >= 15 is 0 Å². The van der Waals surface area contributed by atoms with Gasteiger partial charge in [0, 0.05) is 8.59 Å². The standard InChI is InChI=1S/C12H12ClIN2OS/c13-7-3-4-9(14)8(5-7)12(17)16-10(11(15)18)6-1-2-6/h3-6,10H,1-2H2,(H2,15,18)(H,16,17). The Kier molecular flexibility index (Phi) is 4.45. The Morgan fingerprint density at radius 1 is 1.56 bits per heavy atom. The van der Waals surface area contributed by atoms with Gasteiger partial charge in [0.05, 0.1) is 16.6 Å². The van der Waals surface area contributed by atoms with Crippen molar-refractivity contribution < 1.29 is 4.79 Å². The predicted molar refractivity (Wildman–Crippen MR) is 84.9 cm³/mol. The quantitative estimate of drug-likeness (QED) is 0.610. The first-order valence-corrected chi connectivity index (χ1v) is 7.41. The van der Waals surface area contributed by atoms with Crippen molar-refractivity contribution >= 4 is 57.3 Å². The van der Waals surface area contributed by atoms with Crippen molar-refractivity contribution in [1.29, 1.82) is 0 Å². The maximum Gasteiger partial charge on any atom is 0.252 e. The number of halogens is 2. The van der Waals surface area contributed by atoms with Crippen LogP contribution in [0.3, 0.4) is 0 Å². The summed E-state index contributed by atoms with van der Waals surface area (Å²) in [5, 5.41) is 3.43. The third-order valence-corrected chi connectivity index (χ3v) is 4.29. The van der Waals surface area contributed by atoms with Crippen LogP contribution in [0.2, 0.25) is 5.02 Å². The molecule has 6 heteroatoms. The molecule has 1 aromatic carbocycles. The minimum absolute atomic E-state index is 0.174. The van der Waals surface area contributed by atoms with E-state index in [2.05, 4.69) is 27.9 Å². The fourth-order valence-electron chi connectivity index (χ4n) is 1.74. The Morgan fingerprint density at radius 2 is 2.22 bits per heavy atom. The molecule has 96 valence electrons. The zero-order valence-corrected chi connectivity index (χ0v) is 13.2. The molecule has 1 fully saturated rings. The highest BCUT2D eigenvalue weighted by Crippen LogP contribution is 2.33. The number of hydrogen-bond acceptors (Lipinski definition) is 2. The van der Waals surface area contributed by atoms with Crippen LogP contribution >= 0.6 is 46.4 Å². The number of hydrogen-bond donors (Lipinski definition) is 2. The maximum atomic E-state index is 12.2. The smallest absolute Gasteiger partial charge is 0.252 e. The van der Waals surface area contributed by atoms with E-state index in [1.165, 1.54) is 0 Å². The first kappa shape index (κ1) is 14.0. The molecule has 0 heterocycles. The molecule has 0 saturated heterocycles. The van der Waals surface area contributed by atoms with E-state index in [1.807, 2.05) is 6.07 Å². The fourth-order valence-corrected chi connectivity index (χ4v) is 2.75. The highest BCUT2D eigenvalue weighted by Gasteiger charge is 2.34. The molecule has 1 aliphatic rings. The number of carbonyl (C=O) groups excluding carboxylic acids is 1. The van der Waals surface area contributed by atoms with Gasteiger partial charge in [-0.05, 0) is 59.5 Å². The van der Waals surface area contributed by atoms with E-state index in [1.54, 1.807) is 12.1 Å². The van der Waals surface area contributed by atoms with Crippen molar-refractivity contribution in [2.24, 2.45) is 11.7 Å². The largest absolute Gasteiger partial charge is 0.392 e. The van der Waals surface area contributed by atoms with Crippen LogP contribution in [0.25, 0.3) is 0 Å². The van der Waals surface area contributed by atoms with Crippen LogP contribution in [0.15, 0.2) is 18.2 Å². The Labute approximate surface area is 130 Å². The van der Waals surface area contributed by atoms with Gasteiger partial charge in [-0.1, -0.05) is 23.8 Å². The fraction of sp³-hybridized carbons (Fsp3) is 0.333. The second kappa shape index (κ2) is 5.71. The average Bonchev–Trinajstić information content (AvgIpc) is 3.12. The average molecular weight is 395 g/mol. The van der Waals surface area contributed by atoms with E-state index in [0.29, 0.717) is 21.5 Å². The lowest BCUT2D eigenvalue weighted by atomic mass is 10.1. The molecule has 0 aromatic heterocycles. The summed E-state index contributed by atoms with van der Waals surface area (Å²) in [4.78, 5) is 12.5. The third kappa shape index (κ3) is 3.33. The lowest BCUT2D eigenvalue weighted by Crippen LogP contribution is -2.45. The molecule has 0 bridgehead atoms. The highest BCUT2D eigenvalue weighted by molar-refractivity contribution is 14.1. The van der Waals surface area contributed by atoms with Gasteiger partial charge in [-0.25, -0.2) is 0 Å². The summed E-state index contributed by atoms with van der Waals surface area (Å²) in [6, 6.07) is 5.01. The van der Waals surface area contributed by atoms with E-state index in [-0.39, 0.29) is 11.9 Å². The molecular weight excluding hydrogens is 383 g/mol. The minimum atomic E-state index is -0.206. The van der Waals surface area contributed by atoms with Crippen molar-refractivity contribution in [3.05, 3.63) is 32.4 Å². The van der Waals surface area contributed by atoms with Gasteiger partial charge in [0.1, 0.15) is 0 Å². The molecule has 1 unspecified atom stereocenters. The summed E-state index contributed by atoms with van der Waals surface area (Å²) >= 11 is 13.0. The normalized spacial score (nSPS) is 16.1. The summed E-state index contributed by atoms with van der Waals surface area (Å²) < 4.78 is 0.854. The van der Waals surface area contributed by atoms with Crippen LogP contribution in [0, 0.1) is 9.49 Å². The molecule has 1 aliphatic carbocycles. The van der Waals surface area contributed by atoms with Crippen LogP contribution in [-0.2, 0) is 0 Å². The molecule has 3 nitrogen and oxygen atoms in total.